The molecule has 1 aliphatic rings. The summed E-state index contributed by atoms with van der Waals surface area (Å²) in [5, 5.41) is 12.3. The molecule has 2 N–H and O–H groups in total. The van der Waals surface area contributed by atoms with E-state index in [2.05, 4.69) is 10.3 Å². The molecule has 33 heavy (non-hydrogen) atoms. The van der Waals surface area contributed by atoms with Gasteiger partial charge >= 0.3 is 0 Å². The molecular weight excluding hydrogens is 416 g/mol. The standard InChI is InChI=1S/C25H26N6O2/c1-16-7-8-21-29-23-20(25(33)30(21)14-16)13-19(24(32)28-18-5-3-2-4-6-18)22(26)31(23)15-17-9-11-27-12-10-17/h7-14,18,26H,2-6,15H2,1H3,(H,28,32). The van der Waals surface area contributed by atoms with Crippen LogP contribution >= 0.6 is 0 Å². The summed E-state index contributed by atoms with van der Waals surface area (Å²) in [4.78, 5) is 35.4. The molecule has 4 heterocycles. The first-order valence-corrected chi connectivity index (χ1v) is 11.3. The monoisotopic (exact) mass is 442 g/mol. The van der Waals surface area contributed by atoms with Gasteiger partial charge in [0.25, 0.3) is 11.5 Å². The minimum atomic E-state index is -0.314. The zero-order chi connectivity index (χ0) is 22.9. The van der Waals surface area contributed by atoms with Crippen LogP contribution in [0.5, 0.6) is 0 Å². The second-order valence-corrected chi connectivity index (χ2v) is 8.75. The van der Waals surface area contributed by atoms with Crippen molar-refractivity contribution in [1.29, 1.82) is 5.41 Å². The average Bonchev–Trinajstić information content (AvgIpc) is 2.83. The highest BCUT2D eigenvalue weighted by atomic mass is 16.2. The van der Waals surface area contributed by atoms with Gasteiger partial charge in [-0.05, 0) is 55.2 Å². The number of fused-ring (bicyclic) bond motifs is 2. The Hall–Kier alpha value is -3.81. The molecule has 1 saturated carbocycles. The predicted octanol–water partition coefficient (Wildman–Crippen LogP) is 2.94. The third-order valence-corrected chi connectivity index (χ3v) is 6.33. The summed E-state index contributed by atoms with van der Waals surface area (Å²) in [7, 11) is 0. The molecular formula is C25H26N6O2. The van der Waals surface area contributed by atoms with Crippen molar-refractivity contribution in [2.24, 2.45) is 0 Å². The highest BCUT2D eigenvalue weighted by molar-refractivity contribution is 5.97. The Morgan fingerprint density at radius 3 is 2.67 bits per heavy atom. The molecule has 0 bridgehead atoms. The van der Waals surface area contributed by atoms with Crippen molar-refractivity contribution in [3.05, 3.63) is 81.5 Å². The van der Waals surface area contributed by atoms with Gasteiger partial charge in [0.05, 0.1) is 17.5 Å². The van der Waals surface area contributed by atoms with Crippen molar-refractivity contribution < 1.29 is 4.79 Å². The van der Waals surface area contributed by atoms with Crippen LogP contribution in [-0.4, -0.2) is 30.9 Å². The first-order valence-electron chi connectivity index (χ1n) is 11.3. The molecule has 4 aromatic rings. The molecule has 1 amide bonds. The number of pyridine rings is 3. The van der Waals surface area contributed by atoms with Gasteiger partial charge in [0.1, 0.15) is 16.8 Å². The van der Waals surface area contributed by atoms with E-state index in [0.717, 1.165) is 36.8 Å². The molecule has 1 fully saturated rings. The molecule has 4 aromatic heterocycles. The minimum Gasteiger partial charge on any atom is -0.349 e. The van der Waals surface area contributed by atoms with Gasteiger partial charge in [0, 0.05) is 24.6 Å². The zero-order valence-corrected chi connectivity index (χ0v) is 18.5. The number of amides is 1. The van der Waals surface area contributed by atoms with Crippen LogP contribution in [0, 0.1) is 12.3 Å². The maximum atomic E-state index is 13.4. The number of carbonyl (C=O) groups is 1. The lowest BCUT2D eigenvalue weighted by atomic mass is 9.95. The van der Waals surface area contributed by atoms with Crippen molar-refractivity contribution in [2.75, 3.05) is 0 Å². The van der Waals surface area contributed by atoms with E-state index >= 15 is 0 Å². The van der Waals surface area contributed by atoms with Crippen LogP contribution in [-0.2, 0) is 6.54 Å². The predicted molar refractivity (Wildman–Crippen MR) is 125 cm³/mol. The van der Waals surface area contributed by atoms with Gasteiger partial charge < -0.3 is 9.88 Å². The van der Waals surface area contributed by atoms with Gasteiger partial charge in [-0.3, -0.25) is 24.4 Å². The van der Waals surface area contributed by atoms with Crippen LogP contribution in [0.2, 0.25) is 0 Å². The highest BCUT2D eigenvalue weighted by Crippen LogP contribution is 2.18. The third-order valence-electron chi connectivity index (χ3n) is 6.33. The summed E-state index contributed by atoms with van der Waals surface area (Å²) in [6, 6.07) is 9.03. The summed E-state index contributed by atoms with van der Waals surface area (Å²) in [5.74, 6) is -0.314. The molecule has 0 saturated heterocycles. The molecule has 0 atom stereocenters. The van der Waals surface area contributed by atoms with Gasteiger partial charge in [-0.1, -0.05) is 25.3 Å². The molecule has 0 aromatic carbocycles. The molecule has 0 spiro atoms. The highest BCUT2D eigenvalue weighted by Gasteiger charge is 2.21. The van der Waals surface area contributed by atoms with Crippen molar-refractivity contribution in [3.63, 3.8) is 0 Å². The number of aryl methyl sites for hydroxylation is 1. The van der Waals surface area contributed by atoms with Crippen LogP contribution in [0.15, 0.2) is 53.7 Å². The molecule has 168 valence electrons. The maximum absolute atomic E-state index is 13.4. The third kappa shape index (κ3) is 4.04. The van der Waals surface area contributed by atoms with Crippen LogP contribution in [0.4, 0.5) is 0 Å². The maximum Gasteiger partial charge on any atom is 0.267 e. The van der Waals surface area contributed by atoms with E-state index in [1.807, 2.05) is 25.1 Å². The van der Waals surface area contributed by atoms with E-state index in [1.54, 1.807) is 29.2 Å². The van der Waals surface area contributed by atoms with E-state index in [0.29, 0.717) is 23.2 Å². The normalized spacial score (nSPS) is 14.6. The van der Waals surface area contributed by atoms with E-state index in [-0.39, 0.29) is 28.6 Å². The number of nitrogens with one attached hydrogen (secondary N) is 2. The second kappa shape index (κ2) is 8.61. The molecule has 8 nitrogen and oxygen atoms in total. The molecule has 1 aliphatic carbocycles. The SMILES string of the molecule is Cc1ccc2nc3c(cc(C(=O)NC4CCCCC4)c(=N)n3Cc3ccncc3)c(=O)n2c1. The summed E-state index contributed by atoms with van der Waals surface area (Å²) in [6.45, 7) is 2.21. The second-order valence-electron chi connectivity index (χ2n) is 8.75. The Kier molecular flexibility index (Phi) is 5.50. The Morgan fingerprint density at radius 2 is 1.91 bits per heavy atom. The van der Waals surface area contributed by atoms with Gasteiger partial charge in [0.15, 0.2) is 0 Å². The van der Waals surface area contributed by atoms with Gasteiger partial charge in [-0.2, -0.15) is 0 Å². The molecule has 8 heteroatoms. The summed E-state index contributed by atoms with van der Waals surface area (Å²) < 4.78 is 3.14. The molecule has 0 aliphatic heterocycles. The summed E-state index contributed by atoms with van der Waals surface area (Å²) >= 11 is 0. The lowest BCUT2D eigenvalue weighted by molar-refractivity contribution is 0.0925. The van der Waals surface area contributed by atoms with Gasteiger partial charge in [0.2, 0.25) is 0 Å². The largest absolute Gasteiger partial charge is 0.349 e. The average molecular weight is 443 g/mol. The first kappa shape index (κ1) is 21.1. The number of rotatable bonds is 4. The molecule has 0 radical (unpaired) electrons. The number of hydrogen-bond donors (Lipinski definition) is 2. The number of hydrogen-bond acceptors (Lipinski definition) is 5. The van der Waals surface area contributed by atoms with E-state index in [1.165, 1.54) is 16.9 Å². The van der Waals surface area contributed by atoms with E-state index in [4.69, 9.17) is 10.4 Å². The topological polar surface area (TPSA) is 105 Å². The summed E-state index contributed by atoms with van der Waals surface area (Å²) in [6.07, 6.45) is 10.4. The quantitative estimate of drug-likeness (QED) is 0.474. The van der Waals surface area contributed by atoms with E-state index in [9.17, 15) is 9.59 Å². The van der Waals surface area contributed by atoms with Crippen molar-refractivity contribution in [1.82, 2.24) is 24.3 Å². The van der Waals surface area contributed by atoms with E-state index < -0.39 is 0 Å². The van der Waals surface area contributed by atoms with Crippen molar-refractivity contribution in [3.8, 4) is 0 Å². The summed E-state index contributed by atoms with van der Waals surface area (Å²) in [5.41, 5.74) is 2.70. The van der Waals surface area contributed by atoms with Crippen molar-refractivity contribution >= 4 is 22.6 Å². The Labute approximate surface area is 190 Å². The first-order chi connectivity index (χ1) is 16.0. The Balaban J connectivity index is 1.71. The van der Waals surface area contributed by atoms with Crippen LogP contribution < -0.4 is 16.4 Å². The Morgan fingerprint density at radius 1 is 1.15 bits per heavy atom. The van der Waals surface area contributed by atoms with Crippen LogP contribution in [0.25, 0.3) is 16.7 Å². The molecule has 0 unspecified atom stereocenters. The fourth-order valence-electron chi connectivity index (χ4n) is 4.55. The zero-order valence-electron chi connectivity index (χ0n) is 18.5. The van der Waals surface area contributed by atoms with Gasteiger partial charge in [-0.25, -0.2) is 4.98 Å². The number of aromatic nitrogens is 4. The fourth-order valence-corrected chi connectivity index (χ4v) is 4.55. The smallest absolute Gasteiger partial charge is 0.267 e. The Bertz CT molecular complexity index is 1470. The van der Waals surface area contributed by atoms with Crippen LogP contribution in [0.1, 0.15) is 53.6 Å². The molecule has 5 rings (SSSR count). The lowest BCUT2D eigenvalue weighted by Crippen LogP contribution is -2.40. The number of carbonyl (C=O) groups excluding carboxylic acids is 1. The van der Waals surface area contributed by atoms with Gasteiger partial charge in [-0.15, -0.1) is 0 Å². The fraction of sp³-hybridized carbons (Fsp3) is 0.320. The minimum absolute atomic E-state index is 0.0379. The van der Waals surface area contributed by atoms with Crippen LogP contribution in [0.3, 0.4) is 0 Å². The van der Waals surface area contributed by atoms with Crippen molar-refractivity contribution in [2.45, 2.75) is 51.6 Å². The number of nitrogens with zero attached hydrogens (tertiary/aromatic N) is 4. The lowest BCUT2D eigenvalue weighted by Gasteiger charge is -2.23.